The molecule has 0 amide bonds. The van der Waals surface area contributed by atoms with E-state index in [1.165, 1.54) is 0 Å². The Morgan fingerprint density at radius 3 is 3.00 bits per heavy atom. The van der Waals surface area contributed by atoms with Gasteiger partial charge in [0.25, 0.3) is 0 Å². The maximum atomic E-state index is 5.05. The predicted octanol–water partition coefficient (Wildman–Crippen LogP) is 1.01. The van der Waals surface area contributed by atoms with E-state index in [1.807, 2.05) is 6.26 Å². The maximum absolute atomic E-state index is 5.05. The summed E-state index contributed by atoms with van der Waals surface area (Å²) in [6.07, 6.45) is 5.48. The third-order valence-electron chi connectivity index (χ3n) is 1.81. The van der Waals surface area contributed by atoms with Crippen LogP contribution < -0.4 is 5.32 Å². The highest BCUT2D eigenvalue weighted by molar-refractivity contribution is 7.98. The van der Waals surface area contributed by atoms with Crippen LogP contribution in [0.2, 0.25) is 0 Å². The molecular weight excluding hydrogens is 186 g/mol. The second kappa shape index (κ2) is 3.93. The molecule has 1 aliphatic heterocycles. The summed E-state index contributed by atoms with van der Waals surface area (Å²) in [7, 11) is 0. The SMILES string of the molecule is CSc1cncc(NC2COC2)n1. The van der Waals surface area contributed by atoms with E-state index in [9.17, 15) is 0 Å². The quantitative estimate of drug-likeness (QED) is 0.733. The molecule has 1 aromatic rings. The first-order valence-corrected chi connectivity index (χ1v) is 5.31. The van der Waals surface area contributed by atoms with E-state index in [1.54, 1.807) is 24.2 Å². The molecule has 0 aliphatic carbocycles. The van der Waals surface area contributed by atoms with Gasteiger partial charge in [-0.05, 0) is 6.26 Å². The minimum atomic E-state index is 0.409. The highest BCUT2D eigenvalue weighted by atomic mass is 32.2. The second-order valence-corrected chi connectivity index (χ2v) is 3.65. The van der Waals surface area contributed by atoms with E-state index < -0.39 is 0 Å². The van der Waals surface area contributed by atoms with Crippen LogP contribution in [0, 0.1) is 0 Å². The minimum absolute atomic E-state index is 0.409. The number of ether oxygens (including phenoxy) is 1. The first-order valence-electron chi connectivity index (χ1n) is 4.09. The number of nitrogens with zero attached hydrogens (tertiary/aromatic N) is 2. The summed E-state index contributed by atoms with van der Waals surface area (Å²) < 4.78 is 5.05. The van der Waals surface area contributed by atoms with Crippen LogP contribution in [0.25, 0.3) is 0 Å². The van der Waals surface area contributed by atoms with Crippen LogP contribution in [0.4, 0.5) is 5.82 Å². The summed E-state index contributed by atoms with van der Waals surface area (Å²) >= 11 is 1.59. The van der Waals surface area contributed by atoms with Crippen molar-refractivity contribution >= 4 is 17.6 Å². The molecule has 0 aromatic carbocycles. The molecule has 0 atom stereocenters. The van der Waals surface area contributed by atoms with Gasteiger partial charge in [-0.15, -0.1) is 11.8 Å². The van der Waals surface area contributed by atoms with Gasteiger partial charge in [0, 0.05) is 0 Å². The molecule has 1 fully saturated rings. The minimum Gasteiger partial charge on any atom is -0.377 e. The molecule has 0 unspecified atom stereocenters. The van der Waals surface area contributed by atoms with Crippen molar-refractivity contribution in [2.24, 2.45) is 0 Å². The molecule has 2 rings (SSSR count). The fourth-order valence-electron chi connectivity index (χ4n) is 1.04. The van der Waals surface area contributed by atoms with Crippen LogP contribution in [0.5, 0.6) is 0 Å². The van der Waals surface area contributed by atoms with Crippen molar-refractivity contribution in [2.45, 2.75) is 11.1 Å². The van der Waals surface area contributed by atoms with E-state index in [4.69, 9.17) is 4.74 Å². The van der Waals surface area contributed by atoms with Gasteiger partial charge >= 0.3 is 0 Å². The zero-order valence-corrected chi connectivity index (χ0v) is 8.17. The molecule has 1 N–H and O–H groups in total. The third kappa shape index (κ3) is 2.10. The zero-order valence-electron chi connectivity index (χ0n) is 7.36. The van der Waals surface area contributed by atoms with Gasteiger partial charge in [-0.3, -0.25) is 4.98 Å². The normalized spacial score (nSPS) is 16.7. The summed E-state index contributed by atoms with van der Waals surface area (Å²) in [6.45, 7) is 1.54. The van der Waals surface area contributed by atoms with Crippen LogP contribution in [0.1, 0.15) is 0 Å². The van der Waals surface area contributed by atoms with Gasteiger partial charge in [-0.2, -0.15) is 0 Å². The molecule has 0 bridgehead atoms. The molecule has 13 heavy (non-hydrogen) atoms. The Balaban J connectivity index is 2.01. The van der Waals surface area contributed by atoms with Crippen molar-refractivity contribution in [1.29, 1.82) is 0 Å². The molecule has 0 spiro atoms. The van der Waals surface area contributed by atoms with Crippen LogP contribution >= 0.6 is 11.8 Å². The van der Waals surface area contributed by atoms with Gasteiger partial charge in [0.15, 0.2) is 0 Å². The highest BCUT2D eigenvalue weighted by Crippen LogP contribution is 2.14. The van der Waals surface area contributed by atoms with Crippen LogP contribution in [0.3, 0.4) is 0 Å². The average Bonchev–Trinajstić information content (AvgIpc) is 2.12. The summed E-state index contributed by atoms with van der Waals surface area (Å²) in [6, 6.07) is 0.409. The number of anilines is 1. The zero-order chi connectivity index (χ0) is 9.10. The van der Waals surface area contributed by atoms with Crippen molar-refractivity contribution in [3.8, 4) is 0 Å². The summed E-state index contributed by atoms with van der Waals surface area (Å²) in [5.74, 6) is 0.833. The fourth-order valence-corrected chi connectivity index (χ4v) is 1.40. The van der Waals surface area contributed by atoms with E-state index in [0.29, 0.717) is 6.04 Å². The smallest absolute Gasteiger partial charge is 0.146 e. The van der Waals surface area contributed by atoms with E-state index >= 15 is 0 Å². The van der Waals surface area contributed by atoms with Gasteiger partial charge in [-0.1, -0.05) is 0 Å². The number of rotatable bonds is 3. The number of thioether (sulfide) groups is 1. The fraction of sp³-hybridized carbons (Fsp3) is 0.500. The van der Waals surface area contributed by atoms with Crippen LogP contribution in [-0.4, -0.2) is 35.5 Å². The predicted molar refractivity (Wildman–Crippen MR) is 52.0 cm³/mol. The van der Waals surface area contributed by atoms with Crippen LogP contribution in [-0.2, 0) is 4.74 Å². The van der Waals surface area contributed by atoms with Crippen molar-refractivity contribution in [3.63, 3.8) is 0 Å². The van der Waals surface area contributed by atoms with Gasteiger partial charge in [-0.25, -0.2) is 4.98 Å². The molecule has 0 saturated carbocycles. The largest absolute Gasteiger partial charge is 0.377 e. The lowest BCUT2D eigenvalue weighted by Gasteiger charge is -2.27. The maximum Gasteiger partial charge on any atom is 0.146 e. The Hall–Kier alpha value is -0.810. The standard InChI is InChI=1S/C8H11N3OS/c1-13-8-3-9-2-7(11-8)10-6-4-12-5-6/h2-3,6H,4-5H2,1H3,(H,10,11). The Morgan fingerprint density at radius 2 is 2.38 bits per heavy atom. The summed E-state index contributed by atoms with van der Waals surface area (Å²) in [5.41, 5.74) is 0. The van der Waals surface area contributed by atoms with Crippen molar-refractivity contribution in [3.05, 3.63) is 12.4 Å². The Labute approximate surface area is 81.1 Å². The van der Waals surface area contributed by atoms with E-state index in [-0.39, 0.29) is 0 Å². The van der Waals surface area contributed by atoms with E-state index in [2.05, 4.69) is 15.3 Å². The Morgan fingerprint density at radius 1 is 1.54 bits per heavy atom. The molecule has 1 saturated heterocycles. The second-order valence-electron chi connectivity index (χ2n) is 2.83. The van der Waals surface area contributed by atoms with Gasteiger partial charge in [0.2, 0.25) is 0 Å². The number of hydrogen-bond acceptors (Lipinski definition) is 5. The van der Waals surface area contributed by atoms with Crippen molar-refractivity contribution in [2.75, 3.05) is 24.8 Å². The highest BCUT2D eigenvalue weighted by Gasteiger charge is 2.18. The van der Waals surface area contributed by atoms with Gasteiger partial charge in [0.05, 0.1) is 31.6 Å². The van der Waals surface area contributed by atoms with Crippen molar-refractivity contribution < 1.29 is 4.74 Å². The van der Waals surface area contributed by atoms with Gasteiger partial charge in [0.1, 0.15) is 10.8 Å². The monoisotopic (exact) mass is 197 g/mol. The average molecular weight is 197 g/mol. The van der Waals surface area contributed by atoms with Gasteiger partial charge < -0.3 is 10.1 Å². The van der Waals surface area contributed by atoms with E-state index in [0.717, 1.165) is 24.1 Å². The molecule has 5 heteroatoms. The first-order chi connectivity index (χ1) is 6.38. The molecule has 2 heterocycles. The molecule has 1 aromatic heterocycles. The Kier molecular flexibility index (Phi) is 2.65. The molecule has 70 valence electrons. The van der Waals surface area contributed by atoms with Crippen LogP contribution in [0.15, 0.2) is 17.4 Å². The molecule has 4 nitrogen and oxygen atoms in total. The topological polar surface area (TPSA) is 47.0 Å². The lowest BCUT2D eigenvalue weighted by molar-refractivity contribution is 0.0209. The third-order valence-corrected chi connectivity index (χ3v) is 2.43. The van der Waals surface area contributed by atoms with Crippen molar-refractivity contribution in [1.82, 2.24) is 9.97 Å². The lowest BCUT2D eigenvalue weighted by atomic mass is 10.2. The summed E-state index contributed by atoms with van der Waals surface area (Å²) in [4.78, 5) is 8.43. The number of hydrogen-bond donors (Lipinski definition) is 1. The molecule has 0 radical (unpaired) electrons. The first kappa shape index (κ1) is 8.77. The molecule has 1 aliphatic rings. The number of nitrogens with one attached hydrogen (secondary N) is 1. The molecular formula is C8H11N3OS. The summed E-state index contributed by atoms with van der Waals surface area (Å²) in [5, 5.41) is 4.18. The Bertz CT molecular complexity index is 290. The number of aromatic nitrogens is 2. The lowest BCUT2D eigenvalue weighted by Crippen LogP contribution is -2.40.